The van der Waals surface area contributed by atoms with Crippen LogP contribution in [0.2, 0.25) is 0 Å². The number of hydrogen-bond acceptors (Lipinski definition) is 2. The number of allylic oxidation sites excluding steroid dienone is 1. The molecule has 0 aliphatic carbocycles. The molecule has 1 heterocycles. The fraction of sp³-hybridized carbons (Fsp3) is 0.333. The van der Waals surface area contributed by atoms with Crippen molar-refractivity contribution in [3.8, 4) is 0 Å². The van der Waals surface area contributed by atoms with E-state index in [9.17, 15) is 0 Å². The summed E-state index contributed by atoms with van der Waals surface area (Å²) in [5.74, 6) is 0.131. The molecule has 1 aliphatic heterocycles. The van der Waals surface area contributed by atoms with Crippen molar-refractivity contribution >= 4 is 33.9 Å². The Balaban J connectivity index is 2.86. The van der Waals surface area contributed by atoms with Gasteiger partial charge in [0.15, 0.2) is 0 Å². The molecular weight excluding hydrogens is 154 g/mol. The summed E-state index contributed by atoms with van der Waals surface area (Å²) in [5, 5.41) is 0.586. The maximum absolute atomic E-state index is 5.67. The second-order valence-corrected chi connectivity index (χ2v) is 2.75. The van der Waals surface area contributed by atoms with E-state index in [1.54, 1.807) is 12.3 Å². The van der Waals surface area contributed by atoms with Gasteiger partial charge in [-0.1, -0.05) is 30.7 Å². The lowest BCUT2D eigenvalue weighted by Crippen LogP contribution is -2.15. The maximum atomic E-state index is 5.67. The van der Waals surface area contributed by atoms with Crippen LogP contribution in [0.3, 0.4) is 0 Å². The SMILES string of the molecule is CC1C(=S)C=CN=C1Cl. The van der Waals surface area contributed by atoms with E-state index < -0.39 is 0 Å². The first-order valence-electron chi connectivity index (χ1n) is 2.65. The molecule has 0 aromatic heterocycles. The maximum Gasteiger partial charge on any atom is 0.114 e. The van der Waals surface area contributed by atoms with Crippen molar-refractivity contribution in [2.75, 3.05) is 0 Å². The predicted molar refractivity (Wildman–Crippen MR) is 44.2 cm³/mol. The molecule has 0 spiro atoms. The molecule has 1 rings (SSSR count). The van der Waals surface area contributed by atoms with E-state index in [0.29, 0.717) is 5.17 Å². The Bertz CT molecular complexity index is 195. The Labute approximate surface area is 64.4 Å². The second-order valence-electron chi connectivity index (χ2n) is 1.89. The summed E-state index contributed by atoms with van der Waals surface area (Å²) in [4.78, 5) is 4.73. The van der Waals surface area contributed by atoms with Crippen LogP contribution in [-0.2, 0) is 0 Å². The van der Waals surface area contributed by atoms with Crippen molar-refractivity contribution < 1.29 is 0 Å². The Kier molecular flexibility index (Phi) is 1.98. The largest absolute Gasteiger partial charge is 0.248 e. The fourth-order valence-electron chi connectivity index (χ4n) is 0.555. The minimum absolute atomic E-state index is 0.131. The van der Waals surface area contributed by atoms with Crippen molar-refractivity contribution in [1.29, 1.82) is 0 Å². The van der Waals surface area contributed by atoms with E-state index in [1.165, 1.54) is 0 Å². The van der Waals surface area contributed by atoms with Gasteiger partial charge >= 0.3 is 0 Å². The van der Waals surface area contributed by atoms with E-state index in [-0.39, 0.29) is 5.92 Å². The molecule has 0 amide bonds. The molecule has 0 aromatic carbocycles. The highest BCUT2D eigenvalue weighted by molar-refractivity contribution is 7.80. The molecule has 0 aromatic rings. The van der Waals surface area contributed by atoms with Crippen molar-refractivity contribution in [2.24, 2.45) is 10.9 Å². The van der Waals surface area contributed by atoms with Crippen LogP contribution in [0.25, 0.3) is 0 Å². The van der Waals surface area contributed by atoms with E-state index in [2.05, 4.69) is 4.99 Å². The van der Waals surface area contributed by atoms with Crippen LogP contribution in [0.1, 0.15) is 6.92 Å². The van der Waals surface area contributed by atoms with Gasteiger partial charge in [0.1, 0.15) is 5.17 Å². The average molecular weight is 160 g/mol. The number of halogens is 1. The number of thiocarbonyl (C=S) groups is 1. The normalized spacial score (nSPS) is 26.2. The molecule has 0 fully saturated rings. The smallest absolute Gasteiger partial charge is 0.114 e. The third kappa shape index (κ3) is 1.37. The lowest BCUT2D eigenvalue weighted by atomic mass is 10.1. The lowest BCUT2D eigenvalue weighted by Gasteiger charge is -2.09. The highest BCUT2D eigenvalue weighted by atomic mass is 35.5. The molecule has 0 saturated carbocycles. The summed E-state index contributed by atoms with van der Waals surface area (Å²) in [6.07, 6.45) is 3.43. The third-order valence-electron chi connectivity index (χ3n) is 1.22. The highest BCUT2D eigenvalue weighted by Crippen LogP contribution is 2.11. The van der Waals surface area contributed by atoms with Gasteiger partial charge in [0.25, 0.3) is 0 Å². The second kappa shape index (κ2) is 2.58. The zero-order valence-electron chi connectivity index (χ0n) is 4.97. The molecule has 3 heteroatoms. The molecule has 0 saturated heterocycles. The first-order valence-corrected chi connectivity index (χ1v) is 3.44. The number of nitrogens with zero attached hydrogens (tertiary/aromatic N) is 1. The predicted octanol–water partition coefficient (Wildman–Crippen LogP) is 2.16. The van der Waals surface area contributed by atoms with Crippen LogP contribution in [0.15, 0.2) is 17.3 Å². The van der Waals surface area contributed by atoms with Gasteiger partial charge < -0.3 is 0 Å². The molecule has 1 aliphatic rings. The molecule has 0 bridgehead atoms. The summed E-state index contributed by atoms with van der Waals surface area (Å²) in [6.45, 7) is 1.94. The number of aliphatic imine (C=N–C) groups is 1. The minimum atomic E-state index is 0.131. The molecule has 1 unspecified atom stereocenters. The Hall–Kier alpha value is -0.210. The van der Waals surface area contributed by atoms with Crippen LogP contribution in [0.5, 0.6) is 0 Å². The van der Waals surface area contributed by atoms with Gasteiger partial charge in [0.2, 0.25) is 0 Å². The lowest BCUT2D eigenvalue weighted by molar-refractivity contribution is 1.09. The monoisotopic (exact) mass is 159 g/mol. The van der Waals surface area contributed by atoms with Crippen molar-refractivity contribution in [2.45, 2.75) is 6.92 Å². The summed E-state index contributed by atoms with van der Waals surface area (Å²) in [7, 11) is 0. The van der Waals surface area contributed by atoms with Crippen LogP contribution in [0, 0.1) is 5.92 Å². The van der Waals surface area contributed by atoms with E-state index in [1.807, 2.05) is 6.92 Å². The van der Waals surface area contributed by atoms with Crippen molar-refractivity contribution in [1.82, 2.24) is 0 Å². The van der Waals surface area contributed by atoms with Gasteiger partial charge in [0.05, 0.1) is 0 Å². The summed E-state index contributed by atoms with van der Waals surface area (Å²) >= 11 is 10.6. The van der Waals surface area contributed by atoms with Gasteiger partial charge in [-0.05, 0) is 6.08 Å². The summed E-state index contributed by atoms with van der Waals surface area (Å²) in [6, 6.07) is 0. The Morgan fingerprint density at radius 2 is 2.44 bits per heavy atom. The molecule has 1 nitrogen and oxygen atoms in total. The number of hydrogen-bond donors (Lipinski definition) is 0. The van der Waals surface area contributed by atoms with Gasteiger partial charge in [-0.25, -0.2) is 4.99 Å². The molecular formula is C6H6ClNS. The van der Waals surface area contributed by atoms with Crippen LogP contribution < -0.4 is 0 Å². The number of rotatable bonds is 0. The van der Waals surface area contributed by atoms with E-state index in [0.717, 1.165) is 4.86 Å². The Morgan fingerprint density at radius 3 is 2.89 bits per heavy atom. The van der Waals surface area contributed by atoms with Gasteiger partial charge in [-0.15, -0.1) is 0 Å². The minimum Gasteiger partial charge on any atom is -0.248 e. The third-order valence-corrected chi connectivity index (χ3v) is 2.14. The van der Waals surface area contributed by atoms with E-state index >= 15 is 0 Å². The quantitative estimate of drug-likeness (QED) is 0.494. The van der Waals surface area contributed by atoms with Crippen molar-refractivity contribution in [3.63, 3.8) is 0 Å². The van der Waals surface area contributed by atoms with Crippen molar-refractivity contribution in [3.05, 3.63) is 12.3 Å². The molecule has 0 radical (unpaired) electrons. The van der Waals surface area contributed by atoms with E-state index in [4.69, 9.17) is 23.8 Å². The first kappa shape index (κ1) is 6.90. The molecule has 0 N–H and O–H groups in total. The Morgan fingerprint density at radius 1 is 1.78 bits per heavy atom. The summed E-state index contributed by atoms with van der Waals surface area (Å²) in [5.41, 5.74) is 0. The van der Waals surface area contributed by atoms with Gasteiger partial charge in [-0.3, -0.25) is 0 Å². The van der Waals surface area contributed by atoms with Gasteiger partial charge in [-0.2, -0.15) is 0 Å². The molecule has 9 heavy (non-hydrogen) atoms. The molecule has 48 valence electrons. The average Bonchev–Trinajstić information content (AvgIpc) is 1.83. The fourth-order valence-corrected chi connectivity index (χ4v) is 0.967. The summed E-state index contributed by atoms with van der Waals surface area (Å²) < 4.78 is 0. The highest BCUT2D eigenvalue weighted by Gasteiger charge is 2.13. The zero-order valence-corrected chi connectivity index (χ0v) is 6.54. The van der Waals surface area contributed by atoms with Crippen LogP contribution >= 0.6 is 23.8 Å². The van der Waals surface area contributed by atoms with Crippen LogP contribution in [0.4, 0.5) is 0 Å². The van der Waals surface area contributed by atoms with Crippen LogP contribution in [-0.4, -0.2) is 10.0 Å². The topological polar surface area (TPSA) is 12.4 Å². The van der Waals surface area contributed by atoms with Gasteiger partial charge in [0, 0.05) is 17.0 Å². The first-order chi connectivity index (χ1) is 4.22. The zero-order chi connectivity index (χ0) is 6.85. The standard InChI is InChI=1S/C6H6ClNS/c1-4-5(9)2-3-8-6(4)7/h2-4H,1H3. The molecule has 1 atom stereocenters.